The van der Waals surface area contributed by atoms with Crippen molar-refractivity contribution in [2.75, 3.05) is 20.2 Å². The summed E-state index contributed by atoms with van der Waals surface area (Å²) >= 11 is 0. The van der Waals surface area contributed by atoms with Gasteiger partial charge in [0.2, 0.25) is 0 Å². The third-order valence-electron chi connectivity index (χ3n) is 4.66. The van der Waals surface area contributed by atoms with Gasteiger partial charge in [-0.1, -0.05) is 24.3 Å². The average Bonchev–Trinajstić information content (AvgIpc) is 3.09. The minimum absolute atomic E-state index is 0.138. The number of fused-ring (bicyclic) bond motifs is 1. The molecule has 6 heteroatoms. The van der Waals surface area contributed by atoms with Gasteiger partial charge in [-0.15, -0.1) is 0 Å². The van der Waals surface area contributed by atoms with Crippen LogP contribution < -0.4 is 15.4 Å². The minimum atomic E-state index is 0.138. The van der Waals surface area contributed by atoms with Gasteiger partial charge >= 0.3 is 0 Å². The third kappa shape index (κ3) is 4.57. The molecule has 0 aliphatic rings. The van der Waals surface area contributed by atoms with Crippen LogP contribution in [0.4, 0.5) is 0 Å². The van der Waals surface area contributed by atoms with E-state index >= 15 is 0 Å². The van der Waals surface area contributed by atoms with Gasteiger partial charge < -0.3 is 25.5 Å². The SMILES string of the molecule is CCNC(=NCc1cccc(OC)c1O)NCCc1c[nH]c2cc(C)ccc12. The van der Waals surface area contributed by atoms with Crippen LogP contribution in [-0.4, -0.2) is 36.2 Å². The number of phenolic OH excluding ortho intramolecular Hbond substituents is 1. The van der Waals surface area contributed by atoms with Gasteiger partial charge in [-0.3, -0.25) is 0 Å². The number of aliphatic imine (C=N–C) groups is 1. The van der Waals surface area contributed by atoms with Gasteiger partial charge in [-0.2, -0.15) is 0 Å². The molecule has 0 unspecified atom stereocenters. The number of hydrogen-bond acceptors (Lipinski definition) is 3. The predicted octanol–water partition coefficient (Wildman–Crippen LogP) is 3.49. The quantitative estimate of drug-likeness (QED) is 0.374. The molecular weight excluding hydrogens is 352 g/mol. The molecule has 6 nitrogen and oxygen atoms in total. The number of phenols is 1. The van der Waals surface area contributed by atoms with Crippen LogP contribution in [-0.2, 0) is 13.0 Å². The number of benzene rings is 2. The van der Waals surface area contributed by atoms with Gasteiger partial charge in [-0.25, -0.2) is 4.99 Å². The first-order valence-electron chi connectivity index (χ1n) is 9.56. The summed E-state index contributed by atoms with van der Waals surface area (Å²) in [5, 5.41) is 18.1. The van der Waals surface area contributed by atoms with E-state index in [1.165, 1.54) is 22.0 Å². The van der Waals surface area contributed by atoms with E-state index in [2.05, 4.69) is 51.9 Å². The minimum Gasteiger partial charge on any atom is -0.504 e. The van der Waals surface area contributed by atoms with Gasteiger partial charge in [0.05, 0.1) is 13.7 Å². The Balaban J connectivity index is 1.63. The molecule has 1 aromatic heterocycles. The highest BCUT2D eigenvalue weighted by Gasteiger charge is 2.08. The fraction of sp³-hybridized carbons (Fsp3) is 0.318. The summed E-state index contributed by atoms with van der Waals surface area (Å²) in [4.78, 5) is 7.93. The maximum atomic E-state index is 10.2. The number of rotatable bonds is 7. The summed E-state index contributed by atoms with van der Waals surface area (Å²) in [5.41, 5.74) is 4.43. The monoisotopic (exact) mass is 380 g/mol. The van der Waals surface area contributed by atoms with Crippen LogP contribution in [0.25, 0.3) is 10.9 Å². The Labute approximate surface area is 165 Å². The molecule has 0 radical (unpaired) electrons. The molecule has 0 atom stereocenters. The first-order valence-corrected chi connectivity index (χ1v) is 9.56. The van der Waals surface area contributed by atoms with Crippen LogP contribution >= 0.6 is 0 Å². The zero-order chi connectivity index (χ0) is 19.9. The van der Waals surface area contributed by atoms with E-state index in [-0.39, 0.29) is 5.75 Å². The number of nitrogens with zero attached hydrogens (tertiary/aromatic N) is 1. The molecule has 0 saturated carbocycles. The van der Waals surface area contributed by atoms with E-state index < -0.39 is 0 Å². The van der Waals surface area contributed by atoms with Crippen molar-refractivity contribution in [3.8, 4) is 11.5 Å². The predicted molar refractivity (Wildman–Crippen MR) is 114 cm³/mol. The van der Waals surface area contributed by atoms with E-state index in [9.17, 15) is 5.11 Å². The number of aromatic nitrogens is 1. The Hall–Kier alpha value is -3.15. The maximum absolute atomic E-state index is 10.2. The molecule has 0 aliphatic carbocycles. The van der Waals surface area contributed by atoms with Crippen molar-refractivity contribution >= 4 is 16.9 Å². The molecular formula is C22H28N4O2. The lowest BCUT2D eigenvalue weighted by molar-refractivity contribution is 0.370. The largest absolute Gasteiger partial charge is 0.504 e. The Kier molecular flexibility index (Phi) is 6.42. The molecule has 4 N–H and O–H groups in total. The number of aromatic amines is 1. The van der Waals surface area contributed by atoms with Crippen LogP contribution in [0.2, 0.25) is 0 Å². The normalized spacial score (nSPS) is 11.6. The zero-order valence-corrected chi connectivity index (χ0v) is 16.7. The first-order chi connectivity index (χ1) is 13.6. The highest BCUT2D eigenvalue weighted by atomic mass is 16.5. The van der Waals surface area contributed by atoms with Crippen molar-refractivity contribution in [1.82, 2.24) is 15.6 Å². The number of methoxy groups -OCH3 is 1. The molecule has 0 bridgehead atoms. The van der Waals surface area contributed by atoms with Crippen molar-refractivity contribution in [1.29, 1.82) is 0 Å². The molecule has 28 heavy (non-hydrogen) atoms. The molecule has 3 aromatic rings. The van der Waals surface area contributed by atoms with Gasteiger partial charge in [0.15, 0.2) is 17.5 Å². The van der Waals surface area contributed by atoms with Crippen LogP contribution in [0.15, 0.2) is 47.6 Å². The zero-order valence-electron chi connectivity index (χ0n) is 16.7. The Morgan fingerprint density at radius 2 is 2.04 bits per heavy atom. The Morgan fingerprint density at radius 1 is 1.18 bits per heavy atom. The second-order valence-corrected chi connectivity index (χ2v) is 6.70. The summed E-state index contributed by atoms with van der Waals surface area (Å²) in [6.45, 7) is 6.02. The number of nitrogens with one attached hydrogen (secondary N) is 3. The molecule has 0 spiro atoms. The van der Waals surface area contributed by atoms with E-state index in [1.54, 1.807) is 13.2 Å². The Morgan fingerprint density at radius 3 is 2.82 bits per heavy atom. The van der Waals surface area contributed by atoms with E-state index in [4.69, 9.17) is 4.74 Å². The van der Waals surface area contributed by atoms with Gasteiger partial charge in [0.25, 0.3) is 0 Å². The summed E-state index contributed by atoms with van der Waals surface area (Å²) < 4.78 is 5.16. The molecule has 2 aromatic carbocycles. The van der Waals surface area contributed by atoms with Crippen LogP contribution in [0, 0.1) is 6.92 Å². The summed E-state index contributed by atoms with van der Waals surface area (Å²) in [7, 11) is 1.54. The number of para-hydroxylation sites is 1. The molecule has 1 heterocycles. The summed E-state index contributed by atoms with van der Waals surface area (Å²) in [5.74, 6) is 1.32. The molecule has 0 aliphatic heterocycles. The van der Waals surface area contributed by atoms with Crippen LogP contribution in [0.5, 0.6) is 11.5 Å². The Bertz CT molecular complexity index is 962. The number of ether oxygens (including phenoxy) is 1. The number of aromatic hydroxyl groups is 1. The molecule has 0 amide bonds. The average molecular weight is 380 g/mol. The van der Waals surface area contributed by atoms with E-state index in [1.807, 2.05) is 19.1 Å². The highest BCUT2D eigenvalue weighted by molar-refractivity contribution is 5.84. The van der Waals surface area contributed by atoms with Crippen molar-refractivity contribution in [2.45, 2.75) is 26.8 Å². The second kappa shape index (κ2) is 9.17. The van der Waals surface area contributed by atoms with Crippen LogP contribution in [0.3, 0.4) is 0 Å². The maximum Gasteiger partial charge on any atom is 0.191 e. The second-order valence-electron chi connectivity index (χ2n) is 6.70. The number of hydrogen-bond donors (Lipinski definition) is 4. The summed E-state index contributed by atoms with van der Waals surface area (Å²) in [6.07, 6.45) is 2.96. The lowest BCUT2D eigenvalue weighted by atomic mass is 10.1. The van der Waals surface area contributed by atoms with Crippen molar-refractivity contribution < 1.29 is 9.84 Å². The smallest absolute Gasteiger partial charge is 0.191 e. The van der Waals surface area contributed by atoms with Crippen LogP contribution in [0.1, 0.15) is 23.6 Å². The topological polar surface area (TPSA) is 81.7 Å². The van der Waals surface area contributed by atoms with Crippen molar-refractivity contribution in [2.24, 2.45) is 4.99 Å². The van der Waals surface area contributed by atoms with E-state index in [0.717, 1.165) is 31.0 Å². The third-order valence-corrected chi connectivity index (χ3v) is 4.66. The van der Waals surface area contributed by atoms with Gasteiger partial charge in [0.1, 0.15) is 0 Å². The standard InChI is InChI=1S/C22H28N4O2/c1-4-23-22(26-14-17-6-5-7-20(28-3)21(17)27)24-11-10-16-13-25-19-12-15(2)8-9-18(16)19/h5-9,12-13,25,27H,4,10-11,14H2,1-3H3,(H2,23,24,26). The van der Waals surface area contributed by atoms with E-state index in [0.29, 0.717) is 12.3 Å². The molecule has 148 valence electrons. The van der Waals surface area contributed by atoms with Crippen molar-refractivity contribution in [3.63, 3.8) is 0 Å². The number of H-pyrrole nitrogens is 1. The van der Waals surface area contributed by atoms with Gasteiger partial charge in [-0.05, 0) is 43.5 Å². The molecule has 3 rings (SSSR count). The number of guanidine groups is 1. The lowest BCUT2D eigenvalue weighted by Gasteiger charge is -2.12. The van der Waals surface area contributed by atoms with Gasteiger partial charge in [0, 0.05) is 35.8 Å². The van der Waals surface area contributed by atoms with Crippen molar-refractivity contribution in [3.05, 3.63) is 59.3 Å². The molecule has 0 saturated heterocycles. The fourth-order valence-electron chi connectivity index (χ4n) is 3.19. The number of aryl methyl sites for hydroxylation is 1. The fourth-order valence-corrected chi connectivity index (χ4v) is 3.19. The lowest BCUT2D eigenvalue weighted by Crippen LogP contribution is -2.38. The first kappa shape index (κ1) is 19.6. The highest BCUT2D eigenvalue weighted by Crippen LogP contribution is 2.29. The molecule has 0 fully saturated rings. The summed E-state index contributed by atoms with van der Waals surface area (Å²) in [6, 6.07) is 11.9.